The fraction of sp³-hybridized carbons (Fsp3) is 0.375. The Kier molecular flexibility index (Phi) is 5.35. The van der Waals surface area contributed by atoms with Gasteiger partial charge in [0.1, 0.15) is 18.5 Å². The molecule has 108 valence electrons. The first-order valence-corrected chi connectivity index (χ1v) is 6.83. The summed E-state index contributed by atoms with van der Waals surface area (Å²) < 4.78 is 5.69. The van der Waals surface area contributed by atoms with Crippen LogP contribution in [0.25, 0.3) is 10.8 Å². The van der Waals surface area contributed by atoms with E-state index in [2.05, 4.69) is 5.32 Å². The number of nitrogens with one attached hydrogen (secondary N) is 1. The van der Waals surface area contributed by atoms with E-state index >= 15 is 0 Å². The first-order chi connectivity index (χ1) is 9.70. The second kappa shape index (κ2) is 7.24. The van der Waals surface area contributed by atoms with Gasteiger partial charge in [-0.25, -0.2) is 0 Å². The lowest BCUT2D eigenvalue weighted by atomic mass is 10.1. The van der Waals surface area contributed by atoms with Crippen molar-refractivity contribution in [3.8, 4) is 5.75 Å². The van der Waals surface area contributed by atoms with Crippen LogP contribution in [0, 0.1) is 0 Å². The summed E-state index contributed by atoms with van der Waals surface area (Å²) in [5.74, 6) is 0.775. The Balaban J connectivity index is 1.92. The van der Waals surface area contributed by atoms with Crippen molar-refractivity contribution in [2.75, 3.05) is 19.8 Å². The van der Waals surface area contributed by atoms with E-state index in [4.69, 9.17) is 9.84 Å². The molecule has 0 aliphatic carbocycles. The van der Waals surface area contributed by atoms with Crippen LogP contribution in [0.5, 0.6) is 5.75 Å². The van der Waals surface area contributed by atoms with Gasteiger partial charge in [0.25, 0.3) is 0 Å². The molecule has 0 saturated heterocycles. The molecular formula is C16H21NO3. The molecule has 0 spiro atoms. The molecule has 0 bridgehead atoms. The highest BCUT2D eigenvalue weighted by Gasteiger charge is 2.08. The van der Waals surface area contributed by atoms with Gasteiger partial charge in [-0.1, -0.05) is 36.4 Å². The standard InChI is InChI=1S/C16H21NO3/c1-12(10-18)17-9-14(19)11-20-16-8-4-6-13-5-2-3-7-15(13)16/h2-8,12,14,17-19H,9-11H2,1H3. The number of aliphatic hydroxyl groups excluding tert-OH is 2. The van der Waals surface area contributed by atoms with Crippen LogP contribution in [-0.2, 0) is 0 Å². The van der Waals surface area contributed by atoms with Crippen molar-refractivity contribution < 1.29 is 14.9 Å². The number of hydrogen-bond acceptors (Lipinski definition) is 4. The molecule has 3 N–H and O–H groups in total. The van der Waals surface area contributed by atoms with Gasteiger partial charge in [0, 0.05) is 18.0 Å². The molecule has 0 heterocycles. The molecule has 0 radical (unpaired) electrons. The number of fused-ring (bicyclic) bond motifs is 1. The molecule has 4 heteroatoms. The molecule has 2 rings (SSSR count). The molecule has 0 aliphatic heterocycles. The number of ether oxygens (including phenoxy) is 1. The van der Waals surface area contributed by atoms with E-state index in [-0.39, 0.29) is 19.3 Å². The molecular weight excluding hydrogens is 254 g/mol. The van der Waals surface area contributed by atoms with Crippen molar-refractivity contribution in [3.05, 3.63) is 42.5 Å². The summed E-state index contributed by atoms with van der Waals surface area (Å²) in [6, 6.07) is 13.8. The Morgan fingerprint density at radius 1 is 1.15 bits per heavy atom. The first-order valence-electron chi connectivity index (χ1n) is 6.83. The molecule has 2 unspecified atom stereocenters. The quantitative estimate of drug-likeness (QED) is 0.717. The van der Waals surface area contributed by atoms with Gasteiger partial charge in [-0.05, 0) is 18.4 Å². The maximum Gasteiger partial charge on any atom is 0.127 e. The third-order valence-electron chi connectivity index (χ3n) is 3.16. The summed E-state index contributed by atoms with van der Waals surface area (Å²) in [6.45, 7) is 2.53. The van der Waals surface area contributed by atoms with Gasteiger partial charge < -0.3 is 20.3 Å². The highest BCUT2D eigenvalue weighted by Crippen LogP contribution is 2.25. The van der Waals surface area contributed by atoms with E-state index in [1.165, 1.54) is 0 Å². The smallest absolute Gasteiger partial charge is 0.127 e. The molecule has 2 atom stereocenters. The van der Waals surface area contributed by atoms with E-state index in [9.17, 15) is 5.11 Å². The summed E-state index contributed by atoms with van der Waals surface area (Å²) >= 11 is 0. The molecule has 4 nitrogen and oxygen atoms in total. The SMILES string of the molecule is CC(CO)NCC(O)COc1cccc2ccccc12. The Morgan fingerprint density at radius 3 is 2.70 bits per heavy atom. The van der Waals surface area contributed by atoms with Crippen LogP contribution in [0.4, 0.5) is 0 Å². The third-order valence-corrected chi connectivity index (χ3v) is 3.16. The van der Waals surface area contributed by atoms with Crippen LogP contribution in [0.15, 0.2) is 42.5 Å². The Morgan fingerprint density at radius 2 is 1.90 bits per heavy atom. The molecule has 0 fully saturated rings. The maximum atomic E-state index is 9.86. The van der Waals surface area contributed by atoms with Gasteiger partial charge in [-0.3, -0.25) is 0 Å². The molecule has 2 aromatic carbocycles. The monoisotopic (exact) mass is 275 g/mol. The van der Waals surface area contributed by atoms with Crippen molar-refractivity contribution in [1.29, 1.82) is 0 Å². The van der Waals surface area contributed by atoms with Crippen LogP contribution >= 0.6 is 0 Å². The van der Waals surface area contributed by atoms with E-state index in [1.54, 1.807) is 0 Å². The van der Waals surface area contributed by atoms with Gasteiger partial charge in [-0.2, -0.15) is 0 Å². The van der Waals surface area contributed by atoms with Crippen molar-refractivity contribution in [1.82, 2.24) is 5.32 Å². The fourth-order valence-corrected chi connectivity index (χ4v) is 1.97. The van der Waals surface area contributed by atoms with Gasteiger partial charge in [0.05, 0.1) is 6.61 Å². The summed E-state index contributed by atoms with van der Waals surface area (Å²) in [5.41, 5.74) is 0. The van der Waals surface area contributed by atoms with E-state index in [0.29, 0.717) is 6.54 Å². The minimum Gasteiger partial charge on any atom is -0.490 e. The van der Waals surface area contributed by atoms with Gasteiger partial charge in [0.2, 0.25) is 0 Å². The van der Waals surface area contributed by atoms with Crippen molar-refractivity contribution in [3.63, 3.8) is 0 Å². The van der Waals surface area contributed by atoms with Crippen LogP contribution in [0.2, 0.25) is 0 Å². The largest absolute Gasteiger partial charge is 0.490 e. The topological polar surface area (TPSA) is 61.7 Å². The van der Waals surface area contributed by atoms with Crippen LogP contribution in [0.1, 0.15) is 6.92 Å². The van der Waals surface area contributed by atoms with Crippen LogP contribution in [-0.4, -0.2) is 42.1 Å². The lowest BCUT2D eigenvalue weighted by molar-refractivity contribution is 0.102. The molecule has 0 saturated carbocycles. The normalized spacial score (nSPS) is 14.2. The zero-order chi connectivity index (χ0) is 14.4. The molecule has 0 aromatic heterocycles. The highest BCUT2D eigenvalue weighted by molar-refractivity contribution is 5.88. The van der Waals surface area contributed by atoms with Crippen molar-refractivity contribution in [2.45, 2.75) is 19.1 Å². The minimum absolute atomic E-state index is 0.0257. The zero-order valence-electron chi connectivity index (χ0n) is 11.6. The zero-order valence-corrected chi connectivity index (χ0v) is 11.6. The van der Waals surface area contributed by atoms with Crippen LogP contribution < -0.4 is 10.1 Å². The maximum absolute atomic E-state index is 9.86. The Hall–Kier alpha value is -1.62. The number of rotatable bonds is 7. The second-order valence-corrected chi connectivity index (χ2v) is 4.93. The summed E-state index contributed by atoms with van der Waals surface area (Å²) in [6.07, 6.45) is -0.608. The van der Waals surface area contributed by atoms with E-state index < -0.39 is 6.10 Å². The van der Waals surface area contributed by atoms with Gasteiger partial charge >= 0.3 is 0 Å². The molecule has 2 aromatic rings. The lowest BCUT2D eigenvalue weighted by Crippen LogP contribution is -2.38. The van der Waals surface area contributed by atoms with Crippen LogP contribution in [0.3, 0.4) is 0 Å². The van der Waals surface area contributed by atoms with E-state index in [1.807, 2.05) is 49.4 Å². The fourth-order valence-electron chi connectivity index (χ4n) is 1.97. The van der Waals surface area contributed by atoms with Crippen molar-refractivity contribution in [2.24, 2.45) is 0 Å². The van der Waals surface area contributed by atoms with Gasteiger partial charge in [0.15, 0.2) is 0 Å². The second-order valence-electron chi connectivity index (χ2n) is 4.93. The Bertz CT molecular complexity index is 539. The Labute approximate surface area is 119 Å². The first kappa shape index (κ1) is 14.8. The average Bonchev–Trinajstić information content (AvgIpc) is 2.50. The highest BCUT2D eigenvalue weighted by atomic mass is 16.5. The average molecular weight is 275 g/mol. The van der Waals surface area contributed by atoms with Gasteiger partial charge in [-0.15, -0.1) is 0 Å². The summed E-state index contributed by atoms with van der Waals surface area (Å²) in [5, 5.41) is 23.9. The van der Waals surface area contributed by atoms with Crippen molar-refractivity contribution >= 4 is 10.8 Å². The van der Waals surface area contributed by atoms with E-state index in [0.717, 1.165) is 16.5 Å². The number of aliphatic hydroxyl groups is 2. The summed E-state index contributed by atoms with van der Waals surface area (Å²) in [7, 11) is 0. The predicted octanol–water partition coefficient (Wildman–Crippen LogP) is 1.55. The summed E-state index contributed by atoms with van der Waals surface area (Å²) in [4.78, 5) is 0. The minimum atomic E-state index is -0.608. The number of hydrogen-bond donors (Lipinski definition) is 3. The molecule has 20 heavy (non-hydrogen) atoms. The predicted molar refractivity (Wildman–Crippen MR) is 80.0 cm³/mol. The molecule has 0 amide bonds. The molecule has 0 aliphatic rings. The lowest BCUT2D eigenvalue weighted by Gasteiger charge is -2.16. The number of benzene rings is 2. The third kappa shape index (κ3) is 3.93.